The van der Waals surface area contributed by atoms with E-state index in [0.29, 0.717) is 11.3 Å². The van der Waals surface area contributed by atoms with Crippen LogP contribution in [0.2, 0.25) is 0 Å². The summed E-state index contributed by atoms with van der Waals surface area (Å²) in [6, 6.07) is 0. The minimum atomic E-state index is 0.304. The highest BCUT2D eigenvalue weighted by atomic mass is 15.8. The molecule has 2 aliphatic rings. The second kappa shape index (κ2) is 29.4. The van der Waals surface area contributed by atoms with Crippen molar-refractivity contribution in [3.63, 3.8) is 0 Å². The first-order valence-electron chi connectivity index (χ1n) is 22.8. The Bertz CT molecular complexity index is 597. The third kappa shape index (κ3) is 20.6. The van der Waals surface area contributed by atoms with Crippen molar-refractivity contribution in [2.24, 2.45) is 0 Å². The molecule has 286 valence electrons. The number of hydrazine groups is 2. The van der Waals surface area contributed by atoms with E-state index in [4.69, 9.17) is 0 Å². The Morgan fingerprint density at radius 1 is 0.271 bits per heavy atom. The molecule has 2 aliphatic heterocycles. The number of rotatable bonds is 39. The highest BCUT2D eigenvalue weighted by Crippen LogP contribution is 2.39. The molecule has 2 N–H and O–H groups in total. The van der Waals surface area contributed by atoms with Gasteiger partial charge in [0.05, 0.1) is 11.3 Å². The summed E-state index contributed by atoms with van der Waals surface area (Å²) in [5.74, 6) is 0. The number of unbranched alkanes of at least 4 members (excludes halogenated alkanes) is 28. The van der Waals surface area contributed by atoms with Crippen molar-refractivity contribution in [1.29, 1.82) is 0 Å². The van der Waals surface area contributed by atoms with Gasteiger partial charge in [0, 0.05) is 13.1 Å². The Morgan fingerprint density at radius 2 is 0.458 bits per heavy atom. The fourth-order valence-corrected chi connectivity index (χ4v) is 8.41. The van der Waals surface area contributed by atoms with Gasteiger partial charge >= 0.3 is 0 Å². The smallest absolute Gasteiger partial charge is 0.0974 e. The lowest BCUT2D eigenvalue weighted by atomic mass is 9.96. The molecule has 2 atom stereocenters. The SMILES string of the molecule is CCCCCCCCCCC1(CCCCCCCCCC)NN1CCN1NC1(CCCCCCCCCC)CCCCCCCCCC. The van der Waals surface area contributed by atoms with Gasteiger partial charge in [-0.25, -0.2) is 20.9 Å². The van der Waals surface area contributed by atoms with Crippen LogP contribution in [0.4, 0.5) is 0 Å². The number of nitrogens with zero attached hydrogens (tertiary/aromatic N) is 2. The molecule has 0 aromatic carbocycles. The average Bonchev–Trinajstić information content (AvgIpc) is 3.99. The van der Waals surface area contributed by atoms with Gasteiger partial charge in [0.1, 0.15) is 0 Å². The highest BCUT2D eigenvalue weighted by molar-refractivity contribution is 5.01. The van der Waals surface area contributed by atoms with Crippen LogP contribution >= 0.6 is 0 Å². The minimum absolute atomic E-state index is 0.304. The second-order valence-corrected chi connectivity index (χ2v) is 16.5. The second-order valence-electron chi connectivity index (χ2n) is 16.5. The van der Waals surface area contributed by atoms with Crippen molar-refractivity contribution in [3.05, 3.63) is 0 Å². The molecule has 0 aliphatic carbocycles. The molecule has 4 nitrogen and oxygen atoms in total. The average molecular weight is 675 g/mol. The van der Waals surface area contributed by atoms with Gasteiger partial charge in [0.25, 0.3) is 0 Å². The monoisotopic (exact) mass is 675 g/mol. The number of nitrogens with one attached hydrogen (secondary N) is 2. The van der Waals surface area contributed by atoms with Crippen LogP contribution in [0, 0.1) is 0 Å². The van der Waals surface area contributed by atoms with Crippen LogP contribution in [0.15, 0.2) is 0 Å². The standard InChI is InChI=1S/C44H90N4/c1-5-9-13-17-21-25-29-33-37-43(38-34-30-26-22-18-14-10-6-2)45-47(43)41-42-48-44(46-48,39-35-31-27-23-19-15-11-7-3)40-36-32-28-24-20-16-12-8-4/h45-46H,5-42H2,1-4H3. The first kappa shape index (κ1) is 44.0. The molecule has 0 aromatic heterocycles. The predicted molar refractivity (Wildman–Crippen MR) is 214 cm³/mol. The molecule has 2 heterocycles. The molecule has 2 fully saturated rings. The zero-order valence-electron chi connectivity index (χ0n) is 33.8. The molecule has 4 heteroatoms. The molecule has 2 saturated heterocycles. The summed E-state index contributed by atoms with van der Waals surface area (Å²) in [5, 5.41) is 5.35. The fraction of sp³-hybridized carbons (Fsp3) is 1.00. The first-order chi connectivity index (χ1) is 23.7. The van der Waals surface area contributed by atoms with Gasteiger partial charge in [0.2, 0.25) is 0 Å². The van der Waals surface area contributed by atoms with Gasteiger partial charge < -0.3 is 0 Å². The Hall–Kier alpha value is -0.160. The van der Waals surface area contributed by atoms with Crippen LogP contribution in [-0.2, 0) is 0 Å². The molecule has 0 bridgehead atoms. The van der Waals surface area contributed by atoms with Crippen LogP contribution in [0.1, 0.15) is 259 Å². The zero-order chi connectivity index (χ0) is 34.4. The quantitative estimate of drug-likeness (QED) is 0.0503. The maximum atomic E-state index is 3.97. The van der Waals surface area contributed by atoms with Crippen molar-refractivity contribution in [3.8, 4) is 0 Å². The molecule has 2 unspecified atom stereocenters. The van der Waals surface area contributed by atoms with Crippen LogP contribution in [0.5, 0.6) is 0 Å². The Balaban J connectivity index is 1.77. The van der Waals surface area contributed by atoms with E-state index in [0.717, 1.165) is 0 Å². The molecular weight excluding hydrogens is 585 g/mol. The lowest BCUT2D eigenvalue weighted by Crippen LogP contribution is -2.26. The lowest BCUT2D eigenvalue weighted by Gasteiger charge is -2.18. The van der Waals surface area contributed by atoms with E-state index in [1.165, 1.54) is 244 Å². The summed E-state index contributed by atoms with van der Waals surface area (Å²) in [5.41, 5.74) is 8.55. The largest absolute Gasteiger partial charge is 0.232 e. The number of hydrogen-bond donors (Lipinski definition) is 2. The maximum absolute atomic E-state index is 3.97. The van der Waals surface area contributed by atoms with E-state index in [-0.39, 0.29) is 0 Å². The Kier molecular flexibility index (Phi) is 27.0. The van der Waals surface area contributed by atoms with E-state index in [9.17, 15) is 0 Å². The van der Waals surface area contributed by atoms with Crippen molar-refractivity contribution >= 4 is 0 Å². The van der Waals surface area contributed by atoms with Gasteiger partial charge in [-0.15, -0.1) is 0 Å². The Morgan fingerprint density at radius 3 is 0.667 bits per heavy atom. The molecule has 0 radical (unpaired) electrons. The van der Waals surface area contributed by atoms with E-state index < -0.39 is 0 Å². The number of hydrogen-bond acceptors (Lipinski definition) is 4. The summed E-state index contributed by atoms with van der Waals surface area (Å²) in [4.78, 5) is 0. The van der Waals surface area contributed by atoms with Crippen LogP contribution in [0.25, 0.3) is 0 Å². The molecule has 48 heavy (non-hydrogen) atoms. The van der Waals surface area contributed by atoms with E-state index >= 15 is 0 Å². The van der Waals surface area contributed by atoms with E-state index in [1.807, 2.05) is 0 Å². The summed E-state index contributed by atoms with van der Waals surface area (Å²) >= 11 is 0. The maximum Gasteiger partial charge on any atom is 0.0974 e. The van der Waals surface area contributed by atoms with Gasteiger partial charge in [-0.05, 0) is 25.7 Å². The van der Waals surface area contributed by atoms with Gasteiger partial charge in [-0.3, -0.25) is 0 Å². The molecule has 2 rings (SSSR count). The lowest BCUT2D eigenvalue weighted by molar-refractivity contribution is 0.289. The first-order valence-corrected chi connectivity index (χ1v) is 22.8. The van der Waals surface area contributed by atoms with Gasteiger partial charge in [0.15, 0.2) is 0 Å². The van der Waals surface area contributed by atoms with E-state index in [1.54, 1.807) is 0 Å². The van der Waals surface area contributed by atoms with Gasteiger partial charge in [-0.2, -0.15) is 0 Å². The van der Waals surface area contributed by atoms with Crippen LogP contribution in [0.3, 0.4) is 0 Å². The molecule has 0 saturated carbocycles. The van der Waals surface area contributed by atoms with E-state index in [2.05, 4.69) is 48.6 Å². The highest BCUT2D eigenvalue weighted by Gasteiger charge is 2.53. The summed E-state index contributed by atoms with van der Waals surface area (Å²) in [7, 11) is 0. The molecule has 0 aromatic rings. The minimum Gasteiger partial charge on any atom is -0.232 e. The normalized spacial score (nSPS) is 19.2. The summed E-state index contributed by atoms with van der Waals surface area (Å²) in [6.07, 6.45) is 50.9. The Labute approximate surface area is 303 Å². The predicted octanol–water partition coefficient (Wildman–Crippen LogP) is 14.1. The molecule has 0 amide bonds. The summed E-state index contributed by atoms with van der Waals surface area (Å²) in [6.45, 7) is 11.7. The summed E-state index contributed by atoms with van der Waals surface area (Å²) < 4.78 is 0. The fourth-order valence-electron chi connectivity index (χ4n) is 8.41. The van der Waals surface area contributed by atoms with Crippen LogP contribution < -0.4 is 10.9 Å². The van der Waals surface area contributed by atoms with Crippen molar-refractivity contribution in [2.45, 2.75) is 270 Å². The third-order valence-corrected chi connectivity index (χ3v) is 11.9. The molecule has 0 spiro atoms. The zero-order valence-corrected chi connectivity index (χ0v) is 33.8. The van der Waals surface area contributed by atoms with Crippen molar-refractivity contribution in [2.75, 3.05) is 13.1 Å². The topological polar surface area (TPSA) is 49.9 Å². The van der Waals surface area contributed by atoms with Crippen molar-refractivity contribution in [1.82, 2.24) is 20.9 Å². The van der Waals surface area contributed by atoms with Gasteiger partial charge in [-0.1, -0.05) is 233 Å². The third-order valence-electron chi connectivity index (χ3n) is 11.9. The van der Waals surface area contributed by atoms with Crippen molar-refractivity contribution < 1.29 is 0 Å². The van der Waals surface area contributed by atoms with Crippen LogP contribution in [-0.4, -0.2) is 34.4 Å². The molecular formula is C44H90N4.